The van der Waals surface area contributed by atoms with E-state index in [9.17, 15) is 9.90 Å². The van der Waals surface area contributed by atoms with Gasteiger partial charge in [0, 0.05) is 58.2 Å². The van der Waals surface area contributed by atoms with Gasteiger partial charge in [-0.3, -0.25) is 0 Å². The molecule has 134 valence electrons. The maximum atomic E-state index is 12.0. The number of amides is 2. The lowest BCUT2D eigenvalue weighted by molar-refractivity contribution is 0.123. The molecule has 0 radical (unpaired) electrons. The van der Waals surface area contributed by atoms with Gasteiger partial charge in [0.2, 0.25) is 0 Å². The molecule has 2 amide bonds. The molecule has 3 rings (SSSR count). The molecule has 7 heteroatoms. The van der Waals surface area contributed by atoms with Crippen molar-refractivity contribution in [2.24, 2.45) is 5.92 Å². The van der Waals surface area contributed by atoms with E-state index in [1.54, 1.807) is 25.2 Å². The number of aliphatic hydroxyl groups excluding tert-OH is 1. The second-order valence-corrected chi connectivity index (χ2v) is 7.38. The van der Waals surface area contributed by atoms with Crippen LogP contribution in [0.1, 0.15) is 25.7 Å². The Kier molecular flexibility index (Phi) is 5.40. The Bertz CT molecular complexity index is 525. The van der Waals surface area contributed by atoms with Crippen LogP contribution in [0.5, 0.6) is 0 Å². The lowest BCUT2D eigenvalue weighted by Gasteiger charge is -2.35. The Morgan fingerprint density at radius 2 is 2.08 bits per heavy atom. The molecule has 2 aliphatic rings. The fraction of sp³-hybridized carbons (Fsp3) is 0.765. The number of aromatic nitrogens is 2. The predicted molar refractivity (Wildman–Crippen MR) is 91.6 cm³/mol. The number of likely N-dealkylation sites (tertiary alicyclic amines) is 1. The van der Waals surface area contributed by atoms with Gasteiger partial charge in [-0.25, -0.2) is 9.78 Å². The number of aliphatic hydroxyl groups is 1. The molecule has 1 saturated heterocycles. The highest BCUT2D eigenvalue weighted by molar-refractivity contribution is 5.73. The number of piperidine rings is 1. The summed E-state index contributed by atoms with van der Waals surface area (Å²) in [5.74, 6) is 0.488. The molecule has 2 heterocycles. The highest BCUT2D eigenvalue weighted by Crippen LogP contribution is 2.28. The quantitative estimate of drug-likeness (QED) is 0.852. The van der Waals surface area contributed by atoms with Crippen molar-refractivity contribution in [2.45, 2.75) is 50.4 Å². The maximum absolute atomic E-state index is 12.0. The van der Waals surface area contributed by atoms with Gasteiger partial charge in [0.15, 0.2) is 0 Å². The summed E-state index contributed by atoms with van der Waals surface area (Å²) in [7, 11) is 3.59. The summed E-state index contributed by atoms with van der Waals surface area (Å²) < 4.78 is 2.09. The third-order valence-corrected chi connectivity index (χ3v) is 5.25. The van der Waals surface area contributed by atoms with Gasteiger partial charge in [0.05, 0.1) is 12.4 Å². The Morgan fingerprint density at radius 1 is 1.33 bits per heavy atom. The number of nitrogens with zero attached hydrogens (tertiary/aromatic N) is 4. The van der Waals surface area contributed by atoms with Crippen molar-refractivity contribution in [2.75, 3.05) is 27.2 Å². The van der Waals surface area contributed by atoms with Gasteiger partial charge in [-0.15, -0.1) is 0 Å². The topological polar surface area (TPSA) is 73.6 Å². The highest BCUT2D eigenvalue weighted by Gasteiger charge is 2.35. The molecule has 1 aromatic rings. The van der Waals surface area contributed by atoms with E-state index >= 15 is 0 Å². The van der Waals surface area contributed by atoms with Crippen molar-refractivity contribution in [1.29, 1.82) is 0 Å². The summed E-state index contributed by atoms with van der Waals surface area (Å²) in [4.78, 5) is 19.6. The first-order valence-corrected chi connectivity index (χ1v) is 8.89. The van der Waals surface area contributed by atoms with E-state index in [4.69, 9.17) is 0 Å². The minimum atomic E-state index is -0.278. The molecule has 1 unspecified atom stereocenters. The van der Waals surface area contributed by atoms with Crippen LogP contribution >= 0.6 is 0 Å². The van der Waals surface area contributed by atoms with Crippen LogP contribution in [-0.4, -0.2) is 75.9 Å². The zero-order chi connectivity index (χ0) is 17.1. The second-order valence-electron chi connectivity index (χ2n) is 7.38. The molecule has 1 aliphatic heterocycles. The molecule has 1 aliphatic carbocycles. The molecule has 2 N–H and O–H groups in total. The molecule has 24 heavy (non-hydrogen) atoms. The number of carbonyl (C=O) groups excluding carboxylic acids is 1. The summed E-state index contributed by atoms with van der Waals surface area (Å²) in [5.41, 5.74) is 0. The van der Waals surface area contributed by atoms with Crippen LogP contribution in [0.15, 0.2) is 18.7 Å². The SMILES string of the molecule is CN(C)C(=O)N1CCC(N[C@@H]2CC(Cn3ccnc3)C[C@H]2O)CC1. The summed E-state index contributed by atoms with van der Waals surface area (Å²) in [6, 6.07) is 0.650. The van der Waals surface area contributed by atoms with E-state index in [2.05, 4.69) is 14.9 Å². The Balaban J connectivity index is 1.44. The molecule has 0 aromatic carbocycles. The second kappa shape index (κ2) is 7.53. The number of carbonyl (C=O) groups is 1. The Hall–Kier alpha value is -1.60. The Labute approximate surface area is 143 Å². The van der Waals surface area contributed by atoms with Crippen LogP contribution in [0, 0.1) is 5.92 Å². The average molecular weight is 335 g/mol. The van der Waals surface area contributed by atoms with Crippen molar-refractivity contribution in [1.82, 2.24) is 24.7 Å². The first-order valence-electron chi connectivity index (χ1n) is 8.89. The lowest BCUT2D eigenvalue weighted by Crippen LogP contribution is -2.51. The molecule has 3 atom stereocenters. The van der Waals surface area contributed by atoms with Crippen LogP contribution in [0.25, 0.3) is 0 Å². The van der Waals surface area contributed by atoms with Gasteiger partial charge in [0.25, 0.3) is 0 Å². The zero-order valence-corrected chi connectivity index (χ0v) is 14.6. The number of imidazole rings is 1. The smallest absolute Gasteiger partial charge is 0.319 e. The third-order valence-electron chi connectivity index (χ3n) is 5.25. The van der Waals surface area contributed by atoms with Crippen molar-refractivity contribution in [3.8, 4) is 0 Å². The van der Waals surface area contributed by atoms with Gasteiger partial charge in [-0.1, -0.05) is 0 Å². The van der Waals surface area contributed by atoms with E-state index < -0.39 is 0 Å². The van der Waals surface area contributed by atoms with Gasteiger partial charge < -0.3 is 24.8 Å². The van der Waals surface area contributed by atoms with Crippen molar-refractivity contribution in [3.63, 3.8) is 0 Å². The standard InChI is InChI=1S/C17H29N5O2/c1-20(2)17(24)22-6-3-14(4-7-22)19-15-9-13(10-16(15)23)11-21-8-5-18-12-21/h5,8,12-16,19,23H,3-4,6-7,9-11H2,1-2H3/t13?,15-,16-/m1/s1. The van der Waals surface area contributed by atoms with Crippen LogP contribution in [0.2, 0.25) is 0 Å². The zero-order valence-electron chi connectivity index (χ0n) is 14.6. The largest absolute Gasteiger partial charge is 0.391 e. The van der Waals surface area contributed by atoms with Gasteiger partial charge in [-0.05, 0) is 31.6 Å². The number of rotatable bonds is 4. The van der Waals surface area contributed by atoms with Gasteiger partial charge in [0.1, 0.15) is 0 Å². The maximum Gasteiger partial charge on any atom is 0.319 e. The number of hydrogen-bond donors (Lipinski definition) is 2. The van der Waals surface area contributed by atoms with Crippen LogP contribution in [0.3, 0.4) is 0 Å². The van der Waals surface area contributed by atoms with E-state index in [0.29, 0.717) is 12.0 Å². The summed E-state index contributed by atoms with van der Waals surface area (Å²) in [6.45, 7) is 2.50. The third kappa shape index (κ3) is 4.08. The fourth-order valence-electron chi connectivity index (χ4n) is 3.96. The molecule has 0 bridgehead atoms. The molecule has 7 nitrogen and oxygen atoms in total. The van der Waals surface area contributed by atoms with E-state index in [1.165, 1.54) is 0 Å². The van der Waals surface area contributed by atoms with Crippen LogP contribution in [0.4, 0.5) is 4.79 Å². The van der Waals surface area contributed by atoms with Gasteiger partial charge >= 0.3 is 6.03 Å². The lowest BCUT2D eigenvalue weighted by atomic mass is 10.0. The van der Waals surface area contributed by atoms with Crippen molar-refractivity contribution >= 4 is 6.03 Å². The summed E-state index contributed by atoms with van der Waals surface area (Å²) >= 11 is 0. The fourth-order valence-corrected chi connectivity index (χ4v) is 3.96. The highest BCUT2D eigenvalue weighted by atomic mass is 16.3. The first-order chi connectivity index (χ1) is 11.5. The molecule has 0 spiro atoms. The molecule has 2 fully saturated rings. The molecule has 1 aromatic heterocycles. The van der Waals surface area contributed by atoms with Crippen molar-refractivity contribution < 1.29 is 9.90 Å². The van der Waals surface area contributed by atoms with E-state index in [1.807, 2.05) is 17.4 Å². The number of hydrogen-bond acceptors (Lipinski definition) is 4. The first kappa shape index (κ1) is 17.2. The summed E-state index contributed by atoms with van der Waals surface area (Å²) in [6.07, 6.45) is 9.08. The average Bonchev–Trinajstić information content (AvgIpc) is 3.18. The monoisotopic (exact) mass is 335 g/mol. The number of nitrogens with one attached hydrogen (secondary N) is 1. The summed E-state index contributed by atoms with van der Waals surface area (Å²) in [5, 5.41) is 14.0. The van der Waals surface area contributed by atoms with Crippen molar-refractivity contribution in [3.05, 3.63) is 18.7 Å². The number of urea groups is 1. The minimum Gasteiger partial charge on any atom is -0.391 e. The van der Waals surface area contributed by atoms with Crippen LogP contribution < -0.4 is 5.32 Å². The van der Waals surface area contributed by atoms with Crippen LogP contribution in [-0.2, 0) is 6.54 Å². The predicted octanol–water partition coefficient (Wildman–Crippen LogP) is 0.758. The molecular weight excluding hydrogens is 306 g/mol. The van der Waals surface area contributed by atoms with E-state index in [-0.39, 0.29) is 18.2 Å². The van der Waals surface area contributed by atoms with E-state index in [0.717, 1.165) is 45.3 Å². The molecule has 1 saturated carbocycles. The minimum absolute atomic E-state index is 0.0924. The molecular formula is C17H29N5O2. The van der Waals surface area contributed by atoms with Gasteiger partial charge in [-0.2, -0.15) is 0 Å². The Morgan fingerprint density at radius 3 is 2.71 bits per heavy atom. The normalized spacial score (nSPS) is 28.3.